The number of allylic oxidation sites excluding steroid dienone is 5. The van der Waals surface area contributed by atoms with E-state index >= 15 is 0 Å². The van der Waals surface area contributed by atoms with Gasteiger partial charge < -0.3 is 28.6 Å². The number of carbonyl (C=O) groups is 3. The molecule has 0 aliphatic carbocycles. The van der Waals surface area contributed by atoms with E-state index in [0.29, 0.717) is 6.42 Å². The number of carbonyl (C=O) groups excluding carboxylic acids is 3. The molecular weight excluding hydrogens is 703 g/mol. The van der Waals surface area contributed by atoms with Gasteiger partial charge in [0.15, 0.2) is 6.10 Å². The minimum atomic E-state index is -1.13. The van der Waals surface area contributed by atoms with E-state index in [1.165, 1.54) is 128 Å². The fourth-order valence-electron chi connectivity index (χ4n) is 6.78. The minimum Gasteiger partial charge on any atom is -0.544 e. The number of unbranched alkanes of at least 4 members (excludes halogenated alkanes) is 22. The van der Waals surface area contributed by atoms with E-state index in [0.717, 1.165) is 38.5 Å². The molecule has 0 amide bonds. The molecule has 0 saturated carbocycles. The Bertz CT molecular complexity index is 1020. The van der Waals surface area contributed by atoms with Crippen molar-refractivity contribution in [3.8, 4) is 0 Å². The van der Waals surface area contributed by atoms with Crippen molar-refractivity contribution in [2.45, 2.75) is 212 Å². The number of esters is 2. The van der Waals surface area contributed by atoms with Gasteiger partial charge in [0.05, 0.1) is 46.7 Å². The Labute approximate surface area is 344 Å². The number of likely N-dealkylation sites (N-methyl/N-ethyl adjacent to an activating group) is 1. The summed E-state index contributed by atoms with van der Waals surface area (Å²) in [6.07, 6.45) is 45.2. The van der Waals surface area contributed by atoms with Crippen molar-refractivity contribution in [1.82, 2.24) is 0 Å². The van der Waals surface area contributed by atoms with Crippen LogP contribution in [0.3, 0.4) is 0 Å². The van der Waals surface area contributed by atoms with Crippen molar-refractivity contribution in [2.75, 3.05) is 41.0 Å². The number of hydrogen-bond donors (Lipinski definition) is 0. The maximum absolute atomic E-state index is 12.7. The second-order valence-electron chi connectivity index (χ2n) is 16.6. The van der Waals surface area contributed by atoms with Crippen molar-refractivity contribution in [3.05, 3.63) is 36.5 Å². The molecule has 326 valence electrons. The number of ether oxygens (including phenoxy) is 3. The molecule has 0 aromatic rings. The molecule has 0 radical (unpaired) electrons. The smallest absolute Gasteiger partial charge is 0.309 e. The largest absolute Gasteiger partial charge is 0.544 e. The molecule has 2 unspecified atom stereocenters. The number of carboxylic acids is 1. The van der Waals surface area contributed by atoms with E-state index in [1.807, 2.05) is 6.08 Å². The molecule has 56 heavy (non-hydrogen) atoms. The predicted octanol–water partition coefficient (Wildman–Crippen LogP) is 11.3. The third kappa shape index (κ3) is 37.1. The van der Waals surface area contributed by atoms with Crippen LogP contribution in [-0.4, -0.2) is 75.5 Å². The molecule has 0 aromatic heterocycles. The average Bonchev–Trinajstić information content (AvgIpc) is 3.15. The maximum atomic E-state index is 12.7. The molecular formula is C48H87NO7. The topological polar surface area (TPSA) is 102 Å². The normalized spacial score (nSPS) is 13.2. The lowest BCUT2D eigenvalue weighted by molar-refractivity contribution is -0.889. The highest BCUT2D eigenvalue weighted by atomic mass is 16.6. The van der Waals surface area contributed by atoms with Gasteiger partial charge in [-0.25, -0.2) is 0 Å². The van der Waals surface area contributed by atoms with Crippen LogP contribution in [0.4, 0.5) is 0 Å². The molecule has 0 rings (SSSR count). The van der Waals surface area contributed by atoms with E-state index in [-0.39, 0.29) is 43.1 Å². The first-order valence-electron chi connectivity index (χ1n) is 23.0. The van der Waals surface area contributed by atoms with Crippen LogP contribution >= 0.6 is 0 Å². The average molecular weight is 790 g/mol. The number of carboxylic acid groups (broad SMARTS) is 1. The summed E-state index contributed by atoms with van der Waals surface area (Å²) in [5.74, 6) is -1.88. The van der Waals surface area contributed by atoms with Crippen molar-refractivity contribution in [1.29, 1.82) is 0 Å². The van der Waals surface area contributed by atoms with Crippen LogP contribution in [0.2, 0.25) is 0 Å². The Morgan fingerprint density at radius 3 is 1.41 bits per heavy atom. The lowest BCUT2D eigenvalue weighted by Crippen LogP contribution is -2.55. The lowest BCUT2D eigenvalue weighted by Gasteiger charge is -2.34. The molecule has 0 aliphatic heterocycles. The first-order chi connectivity index (χ1) is 27.1. The molecule has 0 heterocycles. The summed E-state index contributed by atoms with van der Waals surface area (Å²) in [5.41, 5.74) is 0. The van der Waals surface area contributed by atoms with Gasteiger partial charge in [0.25, 0.3) is 0 Å². The van der Waals surface area contributed by atoms with E-state index in [9.17, 15) is 19.5 Å². The maximum Gasteiger partial charge on any atom is 0.309 e. The van der Waals surface area contributed by atoms with Gasteiger partial charge in [0.1, 0.15) is 12.6 Å². The molecule has 0 saturated heterocycles. The summed E-state index contributed by atoms with van der Waals surface area (Å²) in [4.78, 5) is 36.7. The highest BCUT2D eigenvalue weighted by Crippen LogP contribution is 2.16. The molecule has 0 aliphatic rings. The quantitative estimate of drug-likeness (QED) is 0.0263. The minimum absolute atomic E-state index is 0.0163. The molecule has 0 aromatic carbocycles. The van der Waals surface area contributed by atoms with Gasteiger partial charge in [-0.3, -0.25) is 9.59 Å². The Kier molecular flexibility index (Phi) is 37.7. The fourth-order valence-corrected chi connectivity index (χ4v) is 6.78. The molecule has 8 heteroatoms. The van der Waals surface area contributed by atoms with E-state index in [4.69, 9.17) is 14.2 Å². The Morgan fingerprint density at radius 2 is 0.982 bits per heavy atom. The Morgan fingerprint density at radius 1 is 0.554 bits per heavy atom. The summed E-state index contributed by atoms with van der Waals surface area (Å²) in [7, 11) is 5.38. The predicted molar refractivity (Wildman–Crippen MR) is 231 cm³/mol. The first kappa shape index (κ1) is 53.6. The van der Waals surface area contributed by atoms with Crippen LogP contribution in [0.1, 0.15) is 200 Å². The second-order valence-corrected chi connectivity index (χ2v) is 16.6. The van der Waals surface area contributed by atoms with E-state index in [1.54, 1.807) is 27.2 Å². The number of nitrogens with zero attached hydrogens (tertiary/aromatic N) is 1. The van der Waals surface area contributed by atoms with Gasteiger partial charge >= 0.3 is 11.9 Å². The molecule has 2 atom stereocenters. The molecule has 0 fully saturated rings. The van der Waals surface area contributed by atoms with Crippen LogP contribution in [0.25, 0.3) is 0 Å². The number of quaternary nitrogens is 1. The molecule has 0 spiro atoms. The van der Waals surface area contributed by atoms with Crippen LogP contribution in [0, 0.1) is 0 Å². The van der Waals surface area contributed by atoms with Crippen LogP contribution in [0.15, 0.2) is 36.5 Å². The Hall–Kier alpha value is -2.45. The van der Waals surface area contributed by atoms with Crippen LogP contribution in [-0.2, 0) is 28.6 Å². The van der Waals surface area contributed by atoms with Gasteiger partial charge in [-0.15, -0.1) is 0 Å². The second kappa shape index (κ2) is 39.4. The monoisotopic (exact) mass is 790 g/mol. The summed E-state index contributed by atoms with van der Waals surface area (Å²) in [6, 6.07) is -0.734. The lowest BCUT2D eigenvalue weighted by atomic mass is 10.0. The summed E-state index contributed by atoms with van der Waals surface area (Å²) >= 11 is 0. The third-order valence-corrected chi connectivity index (χ3v) is 10.3. The summed E-state index contributed by atoms with van der Waals surface area (Å²) in [6.45, 7) is 4.45. The zero-order valence-electron chi connectivity index (χ0n) is 37.1. The molecule has 8 nitrogen and oxygen atoms in total. The first-order valence-corrected chi connectivity index (χ1v) is 23.0. The summed E-state index contributed by atoms with van der Waals surface area (Å²) < 4.78 is 17.0. The van der Waals surface area contributed by atoms with E-state index < -0.39 is 24.1 Å². The van der Waals surface area contributed by atoms with Crippen molar-refractivity contribution >= 4 is 17.9 Å². The van der Waals surface area contributed by atoms with Gasteiger partial charge in [-0.1, -0.05) is 192 Å². The van der Waals surface area contributed by atoms with Gasteiger partial charge in [0, 0.05) is 12.8 Å². The highest BCUT2D eigenvalue weighted by molar-refractivity contribution is 5.71. The zero-order valence-corrected chi connectivity index (χ0v) is 37.1. The third-order valence-electron chi connectivity index (χ3n) is 10.3. The van der Waals surface area contributed by atoms with Gasteiger partial charge in [-0.05, 0) is 25.7 Å². The Balaban J connectivity index is 4.17. The summed E-state index contributed by atoms with van der Waals surface area (Å²) in [5, 5.41) is 11.6. The fraction of sp³-hybridized carbons (Fsp3) is 0.812. The number of rotatable bonds is 41. The SMILES string of the molecule is CC/C=C/C/C=C/C/C=C/CC(=O)OCC(COCCC(C(=O)[O-])[N+](C)(C)C)OC(=O)CCCCCCCCCCCCCCCCCCCCCCCCC. The van der Waals surface area contributed by atoms with Crippen LogP contribution < -0.4 is 5.11 Å². The zero-order chi connectivity index (χ0) is 41.4. The van der Waals surface area contributed by atoms with Crippen molar-refractivity contribution in [3.63, 3.8) is 0 Å². The van der Waals surface area contributed by atoms with Crippen molar-refractivity contribution < 1.29 is 38.2 Å². The highest BCUT2D eigenvalue weighted by Gasteiger charge is 2.25. The van der Waals surface area contributed by atoms with Gasteiger partial charge in [-0.2, -0.15) is 0 Å². The number of hydrogen-bond acceptors (Lipinski definition) is 7. The molecule has 0 N–H and O–H groups in total. The van der Waals surface area contributed by atoms with E-state index in [2.05, 4.69) is 38.2 Å². The van der Waals surface area contributed by atoms with Gasteiger partial charge in [0.2, 0.25) is 0 Å². The standard InChI is InChI=1S/C48H87NO7/c1-6-8-10-12-14-16-17-18-19-20-21-22-23-24-25-26-27-28-29-31-33-35-37-39-47(51)56-44(42-54-41-40-45(48(52)53)49(3,4)5)43-55-46(50)38-36-34-32-30-15-13-11-9-7-2/h9,11,15,30,34,36,44-45H,6-8,10,12-14,16-29,31-33,35,37-43H2,1-5H3/b11-9+,30-15+,36-34+. The van der Waals surface area contributed by atoms with Crippen molar-refractivity contribution in [2.24, 2.45) is 0 Å². The molecule has 0 bridgehead atoms. The number of aliphatic carboxylic acids is 1. The van der Waals surface area contributed by atoms with Crippen LogP contribution in [0.5, 0.6) is 0 Å².